The van der Waals surface area contributed by atoms with Gasteiger partial charge in [-0.15, -0.1) is 12.4 Å². The first-order valence-corrected chi connectivity index (χ1v) is 7.31. The van der Waals surface area contributed by atoms with Gasteiger partial charge in [-0.3, -0.25) is 9.59 Å². The molecule has 1 rings (SSSR count). The van der Waals surface area contributed by atoms with E-state index in [1.165, 1.54) is 5.56 Å². The molecule has 7 heteroatoms. The SMILES string of the molecule is CC(CCc1ccc(Br)cc1)NC(=O)CNC(=O)CN.Cl. The molecule has 0 saturated carbocycles. The summed E-state index contributed by atoms with van der Waals surface area (Å²) >= 11 is 3.39. The van der Waals surface area contributed by atoms with Crippen molar-refractivity contribution in [2.75, 3.05) is 13.1 Å². The quantitative estimate of drug-likeness (QED) is 0.670. The maximum atomic E-state index is 11.6. The number of carbonyl (C=O) groups is 2. The summed E-state index contributed by atoms with van der Waals surface area (Å²) in [5, 5.41) is 5.27. The molecule has 0 heterocycles. The molecule has 5 nitrogen and oxygen atoms in total. The monoisotopic (exact) mass is 377 g/mol. The van der Waals surface area contributed by atoms with E-state index in [2.05, 4.69) is 38.7 Å². The average Bonchev–Trinajstić information content (AvgIpc) is 2.44. The molecular formula is C14H21BrClN3O2. The van der Waals surface area contributed by atoms with Gasteiger partial charge in [-0.2, -0.15) is 0 Å². The van der Waals surface area contributed by atoms with Crippen molar-refractivity contribution in [3.8, 4) is 0 Å². The molecular weight excluding hydrogens is 358 g/mol. The number of hydrogen-bond donors (Lipinski definition) is 3. The van der Waals surface area contributed by atoms with Crippen molar-refractivity contribution in [1.82, 2.24) is 10.6 Å². The van der Waals surface area contributed by atoms with E-state index in [9.17, 15) is 9.59 Å². The van der Waals surface area contributed by atoms with Gasteiger partial charge in [-0.1, -0.05) is 28.1 Å². The van der Waals surface area contributed by atoms with E-state index in [0.29, 0.717) is 0 Å². The first kappa shape index (κ1) is 19.9. The van der Waals surface area contributed by atoms with Gasteiger partial charge in [0, 0.05) is 10.5 Å². The molecule has 0 saturated heterocycles. The van der Waals surface area contributed by atoms with E-state index in [1.54, 1.807) is 0 Å². The smallest absolute Gasteiger partial charge is 0.239 e. The minimum Gasteiger partial charge on any atom is -0.352 e. The summed E-state index contributed by atoms with van der Waals surface area (Å²) < 4.78 is 1.05. The molecule has 1 aromatic rings. The van der Waals surface area contributed by atoms with Crippen LogP contribution in [0.2, 0.25) is 0 Å². The number of rotatable bonds is 7. The third-order valence-corrected chi connectivity index (χ3v) is 3.35. The summed E-state index contributed by atoms with van der Waals surface area (Å²) in [5.74, 6) is -0.530. The van der Waals surface area contributed by atoms with Crippen LogP contribution in [0.15, 0.2) is 28.7 Å². The van der Waals surface area contributed by atoms with E-state index in [0.717, 1.165) is 17.3 Å². The summed E-state index contributed by atoms with van der Waals surface area (Å²) in [5.41, 5.74) is 6.36. The Morgan fingerprint density at radius 3 is 2.43 bits per heavy atom. The molecule has 2 amide bonds. The standard InChI is InChI=1S/C14H20BrN3O2.ClH/c1-10(18-14(20)9-17-13(19)8-16)2-3-11-4-6-12(15)7-5-11;/h4-7,10H,2-3,8-9,16H2,1H3,(H,17,19)(H,18,20);1H. The zero-order valence-corrected chi connectivity index (χ0v) is 14.3. The zero-order valence-electron chi connectivity index (χ0n) is 11.9. The Labute approximate surface area is 139 Å². The first-order chi connectivity index (χ1) is 9.51. The Hall–Kier alpha value is -1.11. The zero-order chi connectivity index (χ0) is 15.0. The second kappa shape index (κ2) is 10.6. The van der Waals surface area contributed by atoms with Crippen molar-refractivity contribution >= 4 is 40.2 Å². The van der Waals surface area contributed by atoms with Crippen LogP contribution in [0.4, 0.5) is 0 Å². The number of aryl methyl sites for hydroxylation is 1. The summed E-state index contributed by atoms with van der Waals surface area (Å²) in [7, 11) is 0. The summed E-state index contributed by atoms with van der Waals surface area (Å²) in [6.07, 6.45) is 1.74. The summed E-state index contributed by atoms with van der Waals surface area (Å²) in [4.78, 5) is 22.5. The number of carbonyl (C=O) groups excluding carboxylic acids is 2. The van der Waals surface area contributed by atoms with Gasteiger partial charge in [-0.05, 0) is 37.5 Å². The van der Waals surface area contributed by atoms with Gasteiger partial charge in [0.15, 0.2) is 0 Å². The fourth-order valence-corrected chi connectivity index (χ4v) is 1.95. The van der Waals surface area contributed by atoms with Gasteiger partial charge in [-0.25, -0.2) is 0 Å². The predicted octanol–water partition coefficient (Wildman–Crippen LogP) is 1.38. The molecule has 4 N–H and O–H groups in total. The summed E-state index contributed by atoms with van der Waals surface area (Å²) in [6, 6.07) is 8.17. The molecule has 0 bridgehead atoms. The summed E-state index contributed by atoms with van der Waals surface area (Å²) in [6.45, 7) is 1.81. The molecule has 1 atom stereocenters. The average molecular weight is 379 g/mol. The van der Waals surface area contributed by atoms with E-state index >= 15 is 0 Å². The highest BCUT2D eigenvalue weighted by molar-refractivity contribution is 9.10. The van der Waals surface area contributed by atoms with Gasteiger partial charge in [0.1, 0.15) is 0 Å². The van der Waals surface area contributed by atoms with E-state index in [4.69, 9.17) is 5.73 Å². The van der Waals surface area contributed by atoms with Gasteiger partial charge in [0.2, 0.25) is 11.8 Å². The Bertz CT molecular complexity index is 454. The van der Waals surface area contributed by atoms with E-state index < -0.39 is 0 Å². The van der Waals surface area contributed by atoms with E-state index in [-0.39, 0.29) is 43.4 Å². The highest BCUT2D eigenvalue weighted by Crippen LogP contribution is 2.12. The Balaban J connectivity index is 0.00000400. The molecule has 1 unspecified atom stereocenters. The molecule has 0 aliphatic rings. The maximum absolute atomic E-state index is 11.6. The molecule has 118 valence electrons. The number of hydrogen-bond acceptors (Lipinski definition) is 3. The van der Waals surface area contributed by atoms with Crippen LogP contribution < -0.4 is 16.4 Å². The fraction of sp³-hybridized carbons (Fsp3) is 0.429. The number of nitrogens with one attached hydrogen (secondary N) is 2. The Morgan fingerprint density at radius 1 is 1.24 bits per heavy atom. The Kier molecular flexibility index (Phi) is 10.0. The second-order valence-electron chi connectivity index (χ2n) is 4.61. The van der Waals surface area contributed by atoms with Crippen molar-refractivity contribution in [2.45, 2.75) is 25.8 Å². The number of halogens is 2. The van der Waals surface area contributed by atoms with Crippen LogP contribution >= 0.6 is 28.3 Å². The highest BCUT2D eigenvalue weighted by atomic mass is 79.9. The Morgan fingerprint density at radius 2 is 1.86 bits per heavy atom. The van der Waals surface area contributed by atoms with Gasteiger partial charge in [0.25, 0.3) is 0 Å². The lowest BCUT2D eigenvalue weighted by molar-refractivity contribution is -0.125. The largest absolute Gasteiger partial charge is 0.352 e. The van der Waals surface area contributed by atoms with Crippen LogP contribution in [0.25, 0.3) is 0 Å². The minimum absolute atomic E-state index is 0. The van der Waals surface area contributed by atoms with Crippen LogP contribution in [0.3, 0.4) is 0 Å². The molecule has 1 aromatic carbocycles. The molecule has 0 radical (unpaired) electrons. The van der Waals surface area contributed by atoms with Gasteiger partial charge >= 0.3 is 0 Å². The lowest BCUT2D eigenvalue weighted by Crippen LogP contribution is -2.42. The van der Waals surface area contributed by atoms with Crippen molar-refractivity contribution in [3.05, 3.63) is 34.3 Å². The van der Waals surface area contributed by atoms with Crippen LogP contribution in [0.5, 0.6) is 0 Å². The third kappa shape index (κ3) is 8.70. The number of nitrogens with two attached hydrogens (primary N) is 1. The number of benzene rings is 1. The van der Waals surface area contributed by atoms with Crippen LogP contribution in [0, 0.1) is 0 Å². The van der Waals surface area contributed by atoms with Crippen LogP contribution in [-0.4, -0.2) is 30.9 Å². The van der Waals surface area contributed by atoms with Crippen molar-refractivity contribution in [2.24, 2.45) is 5.73 Å². The second-order valence-corrected chi connectivity index (χ2v) is 5.53. The molecule has 21 heavy (non-hydrogen) atoms. The van der Waals surface area contributed by atoms with E-state index in [1.807, 2.05) is 19.1 Å². The molecule has 0 aliphatic carbocycles. The minimum atomic E-state index is -0.331. The van der Waals surface area contributed by atoms with Gasteiger partial charge < -0.3 is 16.4 Å². The molecule has 0 aliphatic heterocycles. The first-order valence-electron chi connectivity index (χ1n) is 6.52. The van der Waals surface area contributed by atoms with Gasteiger partial charge in [0.05, 0.1) is 13.1 Å². The fourth-order valence-electron chi connectivity index (χ4n) is 1.68. The van der Waals surface area contributed by atoms with Crippen LogP contribution in [0.1, 0.15) is 18.9 Å². The molecule has 0 aromatic heterocycles. The predicted molar refractivity (Wildman–Crippen MR) is 89.4 cm³/mol. The number of amides is 2. The van der Waals surface area contributed by atoms with Crippen molar-refractivity contribution in [1.29, 1.82) is 0 Å². The normalized spacial score (nSPS) is 11.2. The lowest BCUT2D eigenvalue weighted by atomic mass is 10.1. The lowest BCUT2D eigenvalue weighted by Gasteiger charge is -2.14. The maximum Gasteiger partial charge on any atom is 0.239 e. The topological polar surface area (TPSA) is 84.2 Å². The third-order valence-electron chi connectivity index (χ3n) is 2.82. The highest BCUT2D eigenvalue weighted by Gasteiger charge is 2.08. The molecule has 0 spiro atoms. The van der Waals surface area contributed by atoms with Crippen LogP contribution in [-0.2, 0) is 16.0 Å². The van der Waals surface area contributed by atoms with Crippen molar-refractivity contribution in [3.63, 3.8) is 0 Å². The molecule has 0 fully saturated rings. The van der Waals surface area contributed by atoms with Crippen molar-refractivity contribution < 1.29 is 9.59 Å².